The zero-order chi connectivity index (χ0) is 17.3. The van der Waals surface area contributed by atoms with E-state index in [2.05, 4.69) is 10.3 Å². The van der Waals surface area contributed by atoms with Crippen LogP contribution in [0.2, 0.25) is 5.02 Å². The predicted octanol–water partition coefficient (Wildman–Crippen LogP) is 3.82. The lowest BCUT2D eigenvalue weighted by molar-refractivity contribution is -0.384. The monoisotopic (exact) mass is 343 g/mol. The van der Waals surface area contributed by atoms with Gasteiger partial charge in [0.1, 0.15) is 6.04 Å². The van der Waals surface area contributed by atoms with E-state index >= 15 is 0 Å². The molecule has 7 heteroatoms. The van der Waals surface area contributed by atoms with Gasteiger partial charge in [-0.25, -0.2) is 0 Å². The number of nitrogens with zero attached hydrogens (tertiary/aromatic N) is 2. The largest absolute Gasteiger partial charge is 0.324 e. The van der Waals surface area contributed by atoms with Crippen LogP contribution in [0.15, 0.2) is 47.5 Å². The number of rotatable bonds is 3. The summed E-state index contributed by atoms with van der Waals surface area (Å²) in [5, 5.41) is 14.4. The van der Waals surface area contributed by atoms with Crippen molar-refractivity contribution in [1.29, 1.82) is 0 Å². The fourth-order valence-electron chi connectivity index (χ4n) is 2.60. The van der Waals surface area contributed by atoms with Gasteiger partial charge in [-0.1, -0.05) is 36.7 Å². The van der Waals surface area contributed by atoms with Crippen LogP contribution in [0.3, 0.4) is 0 Å². The average molecular weight is 344 g/mol. The van der Waals surface area contributed by atoms with Gasteiger partial charge in [0.2, 0.25) is 5.91 Å². The molecular formula is C17H14ClN3O3. The summed E-state index contributed by atoms with van der Waals surface area (Å²) < 4.78 is 0. The van der Waals surface area contributed by atoms with Crippen LogP contribution in [-0.2, 0) is 4.79 Å². The highest BCUT2D eigenvalue weighted by atomic mass is 35.5. The van der Waals surface area contributed by atoms with E-state index < -0.39 is 11.0 Å². The van der Waals surface area contributed by atoms with Crippen molar-refractivity contribution in [2.75, 3.05) is 5.32 Å². The highest BCUT2D eigenvalue weighted by molar-refractivity contribution is 6.36. The third kappa shape index (κ3) is 2.88. The van der Waals surface area contributed by atoms with Crippen molar-refractivity contribution in [3.63, 3.8) is 0 Å². The Morgan fingerprint density at radius 3 is 2.67 bits per heavy atom. The zero-order valence-electron chi connectivity index (χ0n) is 12.8. The molecule has 0 aromatic heterocycles. The van der Waals surface area contributed by atoms with E-state index in [-0.39, 0.29) is 11.6 Å². The molecule has 2 aromatic rings. The Bertz CT molecular complexity index is 864. The third-order valence-corrected chi connectivity index (χ3v) is 4.16. The summed E-state index contributed by atoms with van der Waals surface area (Å²) in [4.78, 5) is 27.5. The first kappa shape index (κ1) is 16.1. The van der Waals surface area contributed by atoms with Gasteiger partial charge in [-0.2, -0.15) is 0 Å². The summed E-state index contributed by atoms with van der Waals surface area (Å²) in [5.41, 5.74) is 2.01. The Morgan fingerprint density at radius 1 is 1.25 bits per heavy atom. The molecule has 1 aliphatic heterocycles. The zero-order valence-corrected chi connectivity index (χ0v) is 13.6. The molecule has 1 heterocycles. The number of halogens is 1. The van der Waals surface area contributed by atoms with Crippen molar-refractivity contribution in [2.24, 2.45) is 4.99 Å². The first-order valence-electron chi connectivity index (χ1n) is 7.43. The predicted molar refractivity (Wildman–Crippen MR) is 92.9 cm³/mol. The maximum absolute atomic E-state index is 12.3. The molecule has 0 fully saturated rings. The van der Waals surface area contributed by atoms with E-state index in [1.165, 1.54) is 18.2 Å². The fraction of sp³-hybridized carbons (Fsp3) is 0.176. The summed E-state index contributed by atoms with van der Waals surface area (Å²) in [7, 11) is 0. The molecular weight excluding hydrogens is 330 g/mol. The topological polar surface area (TPSA) is 84.6 Å². The number of benzodiazepines with no additional fused rings is 1. The molecule has 1 aliphatic rings. The molecule has 6 nitrogen and oxygen atoms in total. The number of carbonyl (C=O) groups is 1. The Hall–Kier alpha value is -2.73. The van der Waals surface area contributed by atoms with Gasteiger partial charge >= 0.3 is 0 Å². The molecule has 1 atom stereocenters. The van der Waals surface area contributed by atoms with Crippen molar-refractivity contribution in [2.45, 2.75) is 19.4 Å². The summed E-state index contributed by atoms with van der Waals surface area (Å²) in [5.74, 6) is -0.241. The first-order chi connectivity index (χ1) is 11.5. The lowest BCUT2D eigenvalue weighted by Crippen LogP contribution is -2.24. The number of aliphatic imine (C=N–C) groups is 1. The highest BCUT2D eigenvalue weighted by Crippen LogP contribution is 2.30. The summed E-state index contributed by atoms with van der Waals surface area (Å²) in [6.07, 6.45) is 0.510. The van der Waals surface area contributed by atoms with Crippen LogP contribution >= 0.6 is 11.6 Å². The number of nitrogens with one attached hydrogen (secondary N) is 1. The van der Waals surface area contributed by atoms with E-state index in [1.807, 2.05) is 13.0 Å². The van der Waals surface area contributed by atoms with Crippen LogP contribution in [0.25, 0.3) is 0 Å². The molecule has 0 bridgehead atoms. The molecule has 0 spiro atoms. The highest BCUT2D eigenvalue weighted by Gasteiger charge is 2.27. The molecule has 0 radical (unpaired) electrons. The number of hydrogen-bond donors (Lipinski definition) is 1. The van der Waals surface area contributed by atoms with E-state index in [0.717, 1.165) is 0 Å². The molecule has 0 aliphatic carbocycles. The normalized spacial score (nSPS) is 16.7. The van der Waals surface area contributed by atoms with Crippen molar-refractivity contribution >= 4 is 34.6 Å². The van der Waals surface area contributed by atoms with Crippen molar-refractivity contribution in [3.05, 3.63) is 68.7 Å². The number of non-ortho nitro benzene ring substituents is 1. The minimum absolute atomic E-state index is 0.0716. The molecule has 0 saturated carbocycles. The van der Waals surface area contributed by atoms with Gasteiger partial charge in [-0.15, -0.1) is 0 Å². The van der Waals surface area contributed by atoms with Gasteiger partial charge < -0.3 is 5.32 Å². The standard InChI is InChI=1S/C17H14ClN3O3/c1-2-14-17(22)20-15-8-7-10(21(23)24)9-12(15)16(19-14)11-5-3-4-6-13(11)18/h3-9,14H,2H2,1H3,(H,20,22). The van der Waals surface area contributed by atoms with Crippen molar-refractivity contribution < 1.29 is 9.72 Å². The average Bonchev–Trinajstić information content (AvgIpc) is 2.70. The summed E-state index contributed by atoms with van der Waals surface area (Å²) in [6, 6.07) is 10.8. The van der Waals surface area contributed by atoms with Crippen LogP contribution in [0, 0.1) is 10.1 Å². The number of carbonyl (C=O) groups excluding carboxylic acids is 1. The van der Waals surface area contributed by atoms with E-state index in [9.17, 15) is 14.9 Å². The number of fused-ring (bicyclic) bond motifs is 1. The van der Waals surface area contributed by atoms with E-state index in [1.54, 1.807) is 18.2 Å². The molecule has 2 aromatic carbocycles. The van der Waals surface area contributed by atoms with Gasteiger partial charge in [-0.3, -0.25) is 19.9 Å². The third-order valence-electron chi connectivity index (χ3n) is 3.83. The van der Waals surface area contributed by atoms with Gasteiger partial charge in [0.25, 0.3) is 5.69 Å². The molecule has 1 N–H and O–H groups in total. The van der Waals surface area contributed by atoms with Crippen molar-refractivity contribution in [3.8, 4) is 0 Å². The van der Waals surface area contributed by atoms with E-state index in [0.29, 0.717) is 34.0 Å². The van der Waals surface area contributed by atoms with Crippen LogP contribution in [-0.4, -0.2) is 22.6 Å². The SMILES string of the molecule is CCC1N=C(c2ccccc2Cl)c2cc([N+](=O)[O-])ccc2NC1=O. The summed E-state index contributed by atoms with van der Waals surface area (Å²) in [6.45, 7) is 1.86. The van der Waals surface area contributed by atoms with Crippen molar-refractivity contribution in [1.82, 2.24) is 0 Å². The number of anilines is 1. The lowest BCUT2D eigenvalue weighted by atomic mass is 10.00. The second-order valence-corrected chi connectivity index (χ2v) is 5.77. The minimum Gasteiger partial charge on any atom is -0.324 e. The maximum Gasteiger partial charge on any atom is 0.270 e. The molecule has 1 unspecified atom stereocenters. The summed E-state index contributed by atoms with van der Waals surface area (Å²) >= 11 is 6.29. The quantitative estimate of drug-likeness (QED) is 0.679. The van der Waals surface area contributed by atoms with E-state index in [4.69, 9.17) is 11.6 Å². The molecule has 24 heavy (non-hydrogen) atoms. The molecule has 0 saturated heterocycles. The second kappa shape index (κ2) is 6.41. The Labute approximate surface area is 143 Å². The second-order valence-electron chi connectivity index (χ2n) is 5.36. The Balaban J connectivity index is 2.27. The van der Waals surface area contributed by atoms with Gasteiger partial charge in [-0.05, 0) is 18.6 Å². The lowest BCUT2D eigenvalue weighted by Gasteiger charge is -2.11. The molecule has 1 amide bonds. The number of benzene rings is 2. The Morgan fingerprint density at radius 2 is 2.00 bits per heavy atom. The molecule has 3 rings (SSSR count). The number of nitro groups is 1. The molecule has 122 valence electrons. The van der Waals surface area contributed by atoms with Gasteiger partial charge in [0.05, 0.1) is 16.3 Å². The smallest absolute Gasteiger partial charge is 0.270 e. The number of amides is 1. The first-order valence-corrected chi connectivity index (χ1v) is 7.81. The van der Waals surface area contributed by atoms with Crippen LogP contribution in [0.5, 0.6) is 0 Å². The van der Waals surface area contributed by atoms with Gasteiger partial charge in [0, 0.05) is 28.3 Å². The minimum atomic E-state index is -0.581. The number of nitro benzene ring substituents is 1. The fourth-order valence-corrected chi connectivity index (χ4v) is 2.82. The maximum atomic E-state index is 12.3. The van der Waals surface area contributed by atoms with Gasteiger partial charge in [0.15, 0.2) is 0 Å². The van der Waals surface area contributed by atoms with Crippen LogP contribution in [0.1, 0.15) is 24.5 Å². The van der Waals surface area contributed by atoms with Crippen LogP contribution in [0.4, 0.5) is 11.4 Å². The number of hydrogen-bond acceptors (Lipinski definition) is 4. The Kier molecular flexibility index (Phi) is 4.31. The van der Waals surface area contributed by atoms with Crippen LogP contribution < -0.4 is 5.32 Å².